The number of rotatable bonds is 9. The van der Waals surface area contributed by atoms with Crippen LogP contribution < -0.4 is 21.1 Å². The van der Waals surface area contributed by atoms with E-state index in [0.29, 0.717) is 28.1 Å². The highest BCUT2D eigenvalue weighted by Gasteiger charge is 2.23. The number of hydrogen-bond acceptors (Lipinski definition) is 6. The number of primary amides is 1. The Bertz CT molecular complexity index is 934. The minimum atomic E-state index is -0.751. The van der Waals surface area contributed by atoms with Crippen LogP contribution in [0.15, 0.2) is 18.2 Å². The number of carbonyl (C=O) groups is 2. The highest BCUT2D eigenvalue weighted by Crippen LogP contribution is 2.32. The number of anilines is 1. The third-order valence-electron chi connectivity index (χ3n) is 4.91. The predicted octanol–water partition coefficient (Wildman–Crippen LogP) is 3.98. The van der Waals surface area contributed by atoms with Crippen molar-refractivity contribution in [3.63, 3.8) is 0 Å². The molecule has 0 saturated carbocycles. The quantitative estimate of drug-likeness (QED) is 0.497. The Kier molecular flexibility index (Phi) is 8.36. The second kappa shape index (κ2) is 11.0. The first-order valence-electron chi connectivity index (χ1n) is 9.97. The number of aromatic nitrogens is 1. The fourth-order valence-corrected chi connectivity index (χ4v) is 4.48. The lowest BCUT2D eigenvalue weighted by Gasteiger charge is -2.20. The molecule has 11 heteroatoms. The van der Waals surface area contributed by atoms with Crippen molar-refractivity contribution in [1.29, 1.82) is 0 Å². The zero-order valence-electron chi connectivity index (χ0n) is 17.1. The van der Waals surface area contributed by atoms with Crippen molar-refractivity contribution in [2.24, 2.45) is 11.7 Å². The summed E-state index contributed by atoms with van der Waals surface area (Å²) in [6, 6.07) is 4.73. The van der Waals surface area contributed by atoms with E-state index in [0.717, 1.165) is 31.2 Å². The van der Waals surface area contributed by atoms with Crippen LogP contribution in [0, 0.1) is 5.92 Å². The first-order chi connectivity index (χ1) is 14.8. The highest BCUT2D eigenvalue weighted by molar-refractivity contribution is 7.11. The van der Waals surface area contributed by atoms with Gasteiger partial charge < -0.3 is 20.7 Å². The number of nitrogens with two attached hydrogens (primary N) is 1. The van der Waals surface area contributed by atoms with E-state index in [1.165, 1.54) is 12.8 Å². The molecule has 1 aliphatic heterocycles. The highest BCUT2D eigenvalue weighted by atomic mass is 35.5. The van der Waals surface area contributed by atoms with Gasteiger partial charge in [-0.3, -0.25) is 10.1 Å². The summed E-state index contributed by atoms with van der Waals surface area (Å²) in [5.41, 5.74) is 6.15. The number of carbonyl (C=O) groups excluding carboxylic acids is 2. The third kappa shape index (κ3) is 6.46. The SMILES string of the molecule is CC(CNC(=O)Nc1snc(OCc2cccc(Cl)c2Cl)c1C(N)=O)CN1CCCC1. The lowest BCUT2D eigenvalue weighted by atomic mass is 10.1. The molecule has 2 aromatic rings. The van der Waals surface area contributed by atoms with Gasteiger partial charge >= 0.3 is 6.03 Å². The monoisotopic (exact) mass is 485 g/mol. The molecule has 3 rings (SSSR count). The van der Waals surface area contributed by atoms with Crippen LogP contribution >= 0.6 is 34.7 Å². The van der Waals surface area contributed by atoms with E-state index in [-0.39, 0.29) is 23.1 Å². The van der Waals surface area contributed by atoms with Gasteiger partial charge in [-0.15, -0.1) is 0 Å². The molecule has 1 saturated heterocycles. The van der Waals surface area contributed by atoms with E-state index in [9.17, 15) is 9.59 Å². The van der Waals surface area contributed by atoms with Crippen LogP contribution in [-0.2, 0) is 6.61 Å². The molecular formula is C20H25Cl2N5O3S. The van der Waals surface area contributed by atoms with E-state index in [1.807, 2.05) is 0 Å². The smallest absolute Gasteiger partial charge is 0.319 e. The van der Waals surface area contributed by atoms with Crippen molar-refractivity contribution in [2.75, 3.05) is 31.5 Å². The Morgan fingerprint density at radius 1 is 1.32 bits per heavy atom. The van der Waals surface area contributed by atoms with Gasteiger partial charge in [0.05, 0.1) is 10.0 Å². The van der Waals surface area contributed by atoms with E-state index < -0.39 is 11.9 Å². The summed E-state index contributed by atoms with van der Waals surface area (Å²) in [7, 11) is 0. The number of nitrogens with one attached hydrogen (secondary N) is 2. The molecule has 1 aliphatic rings. The first kappa shape index (κ1) is 23.6. The number of urea groups is 1. The average molecular weight is 486 g/mol. The zero-order valence-corrected chi connectivity index (χ0v) is 19.4. The molecule has 0 aliphatic carbocycles. The van der Waals surface area contributed by atoms with Gasteiger partial charge in [-0.05, 0) is 49.4 Å². The molecule has 0 bridgehead atoms. The molecule has 1 atom stereocenters. The van der Waals surface area contributed by atoms with Gasteiger partial charge in [-0.1, -0.05) is 42.3 Å². The summed E-state index contributed by atoms with van der Waals surface area (Å²) in [4.78, 5) is 26.7. The van der Waals surface area contributed by atoms with Gasteiger partial charge in [0.1, 0.15) is 17.2 Å². The average Bonchev–Trinajstić information content (AvgIpc) is 3.37. The van der Waals surface area contributed by atoms with Crippen molar-refractivity contribution >= 4 is 51.7 Å². The Morgan fingerprint density at radius 2 is 2.06 bits per heavy atom. The van der Waals surface area contributed by atoms with E-state index in [4.69, 9.17) is 33.7 Å². The number of benzene rings is 1. The van der Waals surface area contributed by atoms with Crippen molar-refractivity contribution in [3.05, 3.63) is 39.4 Å². The summed E-state index contributed by atoms with van der Waals surface area (Å²) in [6.07, 6.45) is 2.46. The summed E-state index contributed by atoms with van der Waals surface area (Å²) in [6.45, 7) is 5.82. The molecule has 1 aromatic carbocycles. The zero-order chi connectivity index (χ0) is 22.4. The van der Waals surface area contributed by atoms with Crippen LogP contribution in [-0.4, -0.2) is 47.4 Å². The molecule has 1 unspecified atom stereocenters. The fraction of sp³-hybridized carbons (Fsp3) is 0.450. The maximum atomic E-state index is 12.3. The molecule has 168 valence electrons. The molecule has 4 N–H and O–H groups in total. The summed E-state index contributed by atoms with van der Waals surface area (Å²) in [5.74, 6) is -0.410. The summed E-state index contributed by atoms with van der Waals surface area (Å²) in [5, 5.41) is 6.46. The van der Waals surface area contributed by atoms with Gasteiger partial charge in [0.25, 0.3) is 5.91 Å². The van der Waals surface area contributed by atoms with Crippen LogP contribution in [0.25, 0.3) is 0 Å². The Labute approximate surface area is 195 Å². The van der Waals surface area contributed by atoms with Gasteiger partial charge in [0.2, 0.25) is 5.88 Å². The summed E-state index contributed by atoms with van der Waals surface area (Å²) >= 11 is 13.1. The molecule has 1 fully saturated rings. The maximum Gasteiger partial charge on any atom is 0.319 e. The Hall–Kier alpha value is -2.07. The molecule has 2 heterocycles. The van der Waals surface area contributed by atoms with Crippen LogP contribution in [0.4, 0.5) is 9.80 Å². The first-order valence-corrected chi connectivity index (χ1v) is 11.5. The number of likely N-dealkylation sites (tertiary alicyclic amines) is 1. The standard InChI is InChI=1S/C20H25Cl2N5O3S/c1-12(10-27-7-2-3-8-27)9-24-20(29)25-19-15(17(23)28)18(26-31-19)30-11-13-5-4-6-14(21)16(13)22/h4-6,12H,2-3,7-11H2,1H3,(H2,23,28)(H2,24,25,29). The number of halogens is 2. The number of amides is 3. The normalized spacial score (nSPS) is 14.9. The van der Waals surface area contributed by atoms with Crippen LogP contribution in [0.3, 0.4) is 0 Å². The molecule has 8 nitrogen and oxygen atoms in total. The van der Waals surface area contributed by atoms with Gasteiger partial charge in [0.15, 0.2) is 0 Å². The van der Waals surface area contributed by atoms with Crippen LogP contribution in [0.2, 0.25) is 10.0 Å². The lowest BCUT2D eigenvalue weighted by molar-refractivity contribution is 0.0996. The van der Waals surface area contributed by atoms with Crippen molar-refractivity contribution in [2.45, 2.75) is 26.4 Å². The largest absolute Gasteiger partial charge is 0.472 e. The van der Waals surface area contributed by atoms with Crippen LogP contribution in [0.5, 0.6) is 5.88 Å². The fourth-order valence-electron chi connectivity index (χ4n) is 3.37. The minimum absolute atomic E-state index is 0.0171. The van der Waals surface area contributed by atoms with E-state index in [2.05, 4.69) is 26.8 Å². The van der Waals surface area contributed by atoms with E-state index in [1.54, 1.807) is 18.2 Å². The van der Waals surface area contributed by atoms with Crippen molar-refractivity contribution in [3.8, 4) is 5.88 Å². The number of ether oxygens (including phenoxy) is 1. The maximum absolute atomic E-state index is 12.3. The number of hydrogen-bond donors (Lipinski definition) is 3. The third-order valence-corrected chi connectivity index (χ3v) is 6.51. The second-order valence-corrected chi connectivity index (χ2v) is 9.06. The van der Waals surface area contributed by atoms with E-state index >= 15 is 0 Å². The Balaban J connectivity index is 1.57. The topological polar surface area (TPSA) is 110 Å². The van der Waals surface area contributed by atoms with Crippen molar-refractivity contribution < 1.29 is 14.3 Å². The van der Waals surface area contributed by atoms with Gasteiger partial charge in [-0.2, -0.15) is 4.37 Å². The second-order valence-electron chi connectivity index (χ2n) is 7.51. The van der Waals surface area contributed by atoms with Crippen LogP contribution in [0.1, 0.15) is 35.7 Å². The minimum Gasteiger partial charge on any atom is -0.472 e. The molecule has 31 heavy (non-hydrogen) atoms. The molecule has 1 aromatic heterocycles. The molecule has 3 amide bonds. The molecule has 0 spiro atoms. The predicted molar refractivity (Wildman–Crippen MR) is 123 cm³/mol. The van der Waals surface area contributed by atoms with Gasteiger partial charge in [0, 0.05) is 18.7 Å². The van der Waals surface area contributed by atoms with Crippen molar-refractivity contribution in [1.82, 2.24) is 14.6 Å². The Morgan fingerprint density at radius 3 is 2.77 bits per heavy atom. The molecule has 0 radical (unpaired) electrons. The molecular weight excluding hydrogens is 461 g/mol. The van der Waals surface area contributed by atoms with Gasteiger partial charge in [-0.25, -0.2) is 4.79 Å². The lowest BCUT2D eigenvalue weighted by Crippen LogP contribution is -2.36. The number of nitrogens with zero attached hydrogens (tertiary/aromatic N) is 2. The summed E-state index contributed by atoms with van der Waals surface area (Å²) < 4.78 is 9.75.